The molecule has 0 aliphatic carbocycles. The average molecular weight is 258 g/mol. The molecule has 0 unspecified atom stereocenters. The quantitative estimate of drug-likeness (QED) is 0.897. The molecule has 0 spiro atoms. The highest BCUT2D eigenvalue weighted by Crippen LogP contribution is 2.20. The molecule has 2 rings (SSSR count). The Morgan fingerprint density at radius 3 is 2.58 bits per heavy atom. The molecule has 0 aliphatic rings. The summed E-state index contributed by atoms with van der Waals surface area (Å²) in [4.78, 5) is 18.7. The van der Waals surface area contributed by atoms with Crippen LogP contribution in [-0.4, -0.2) is 16.6 Å². The molecule has 2 aromatic rings. The third kappa shape index (κ3) is 3.44. The molecule has 0 bridgehead atoms. The molecule has 0 saturated carbocycles. The summed E-state index contributed by atoms with van der Waals surface area (Å²) in [5, 5.41) is 0. The van der Waals surface area contributed by atoms with Gasteiger partial charge in [0.05, 0.1) is 12.3 Å². The first kappa shape index (κ1) is 13.3. The van der Waals surface area contributed by atoms with Gasteiger partial charge in [0.25, 0.3) is 5.56 Å². The topological polar surface area (TPSA) is 55.0 Å². The predicted octanol–water partition coefficient (Wildman–Crippen LogP) is 2.79. The Morgan fingerprint density at radius 2 is 1.95 bits per heavy atom. The minimum atomic E-state index is -0.117. The third-order valence-corrected chi connectivity index (χ3v) is 2.75. The van der Waals surface area contributed by atoms with E-state index in [-0.39, 0.29) is 5.56 Å². The molecule has 19 heavy (non-hydrogen) atoms. The van der Waals surface area contributed by atoms with Crippen molar-refractivity contribution in [3.8, 4) is 17.0 Å². The number of aromatic amines is 1. The van der Waals surface area contributed by atoms with Crippen molar-refractivity contribution in [2.75, 3.05) is 6.61 Å². The molecular weight excluding hydrogens is 240 g/mol. The molecule has 4 nitrogen and oxygen atoms in total. The van der Waals surface area contributed by atoms with Crippen molar-refractivity contribution in [3.63, 3.8) is 0 Å². The maximum atomic E-state index is 11.5. The van der Waals surface area contributed by atoms with Gasteiger partial charge >= 0.3 is 0 Å². The second-order valence-electron chi connectivity index (χ2n) is 4.30. The number of hydrogen-bond donors (Lipinski definition) is 1. The molecular formula is C15H18N2O2. The van der Waals surface area contributed by atoms with Crippen molar-refractivity contribution < 1.29 is 4.74 Å². The number of benzene rings is 1. The Kier molecular flexibility index (Phi) is 4.34. The maximum absolute atomic E-state index is 11.5. The number of rotatable bonds is 5. The number of aryl methyl sites for hydroxylation is 1. The van der Waals surface area contributed by atoms with Gasteiger partial charge in [0.2, 0.25) is 0 Å². The molecule has 0 fully saturated rings. The van der Waals surface area contributed by atoms with Crippen molar-refractivity contribution in [1.82, 2.24) is 9.97 Å². The predicted molar refractivity (Wildman–Crippen MR) is 75.5 cm³/mol. The Labute approximate surface area is 112 Å². The number of hydrogen-bond acceptors (Lipinski definition) is 3. The van der Waals surface area contributed by atoms with E-state index in [2.05, 4.69) is 16.9 Å². The maximum Gasteiger partial charge on any atom is 0.251 e. The lowest BCUT2D eigenvalue weighted by molar-refractivity contribution is 0.317. The molecule has 100 valence electrons. The van der Waals surface area contributed by atoms with Gasteiger partial charge in [-0.3, -0.25) is 4.79 Å². The molecule has 1 heterocycles. The van der Waals surface area contributed by atoms with Gasteiger partial charge in [0.15, 0.2) is 0 Å². The van der Waals surface area contributed by atoms with Crippen molar-refractivity contribution >= 4 is 0 Å². The molecule has 0 aliphatic heterocycles. The molecule has 0 radical (unpaired) electrons. The van der Waals surface area contributed by atoms with Gasteiger partial charge < -0.3 is 9.72 Å². The van der Waals surface area contributed by atoms with Gasteiger partial charge in [-0.1, -0.05) is 13.8 Å². The van der Waals surface area contributed by atoms with Gasteiger partial charge in [-0.05, 0) is 30.7 Å². The summed E-state index contributed by atoms with van der Waals surface area (Å²) in [5.41, 5.74) is 1.50. The second kappa shape index (κ2) is 6.18. The summed E-state index contributed by atoms with van der Waals surface area (Å²) in [6, 6.07) is 9.17. The summed E-state index contributed by atoms with van der Waals surface area (Å²) >= 11 is 0. The summed E-state index contributed by atoms with van der Waals surface area (Å²) in [5.74, 6) is 1.54. The zero-order chi connectivity index (χ0) is 13.7. The van der Waals surface area contributed by atoms with E-state index in [4.69, 9.17) is 4.74 Å². The van der Waals surface area contributed by atoms with Crippen LogP contribution in [0, 0.1) is 0 Å². The Bertz CT molecular complexity index is 588. The van der Waals surface area contributed by atoms with Gasteiger partial charge in [-0.15, -0.1) is 0 Å². The summed E-state index contributed by atoms with van der Waals surface area (Å²) < 4.78 is 5.53. The number of ether oxygens (including phenoxy) is 1. The van der Waals surface area contributed by atoms with Gasteiger partial charge in [-0.25, -0.2) is 4.98 Å². The molecule has 1 aromatic carbocycles. The minimum Gasteiger partial charge on any atom is -0.494 e. The van der Waals surface area contributed by atoms with E-state index in [1.54, 1.807) is 0 Å². The monoisotopic (exact) mass is 258 g/mol. The SMILES string of the molecule is CCCOc1ccc(-c2cc(=O)[nH]c(CC)n2)cc1. The standard InChI is InChI=1S/C15H18N2O2/c1-3-9-19-12-7-5-11(6-8-12)13-10-15(18)17-14(4-2)16-13/h5-8,10H,3-4,9H2,1-2H3,(H,16,17,18). The van der Waals surface area contributed by atoms with Gasteiger partial charge in [0, 0.05) is 18.1 Å². The van der Waals surface area contributed by atoms with E-state index >= 15 is 0 Å². The van der Waals surface area contributed by atoms with E-state index in [9.17, 15) is 4.79 Å². The smallest absolute Gasteiger partial charge is 0.251 e. The fourth-order valence-corrected chi connectivity index (χ4v) is 1.77. The number of nitrogens with zero attached hydrogens (tertiary/aromatic N) is 1. The molecule has 1 aromatic heterocycles. The fraction of sp³-hybridized carbons (Fsp3) is 0.333. The van der Waals surface area contributed by atoms with Crippen molar-refractivity contribution in [2.45, 2.75) is 26.7 Å². The van der Waals surface area contributed by atoms with Crippen LogP contribution in [0.4, 0.5) is 0 Å². The molecule has 0 saturated heterocycles. The van der Waals surface area contributed by atoms with Crippen LogP contribution in [0.5, 0.6) is 5.75 Å². The van der Waals surface area contributed by atoms with E-state index < -0.39 is 0 Å². The van der Waals surface area contributed by atoms with Crippen LogP contribution < -0.4 is 10.3 Å². The first-order valence-corrected chi connectivity index (χ1v) is 6.56. The molecule has 0 atom stereocenters. The second-order valence-corrected chi connectivity index (χ2v) is 4.30. The van der Waals surface area contributed by atoms with Crippen molar-refractivity contribution in [3.05, 3.63) is 46.5 Å². The number of aromatic nitrogens is 2. The minimum absolute atomic E-state index is 0.117. The van der Waals surface area contributed by atoms with E-state index in [0.717, 1.165) is 17.7 Å². The first-order chi connectivity index (χ1) is 9.22. The third-order valence-electron chi connectivity index (χ3n) is 2.75. The van der Waals surface area contributed by atoms with Crippen LogP contribution in [-0.2, 0) is 6.42 Å². The molecule has 0 amide bonds. The Balaban J connectivity index is 2.26. The zero-order valence-electron chi connectivity index (χ0n) is 11.3. The van der Waals surface area contributed by atoms with E-state index in [0.29, 0.717) is 24.5 Å². The van der Waals surface area contributed by atoms with Crippen LogP contribution in [0.25, 0.3) is 11.3 Å². The number of nitrogens with one attached hydrogen (secondary N) is 1. The van der Waals surface area contributed by atoms with Crippen molar-refractivity contribution in [2.24, 2.45) is 0 Å². The number of H-pyrrole nitrogens is 1. The van der Waals surface area contributed by atoms with Crippen LogP contribution in [0.3, 0.4) is 0 Å². The van der Waals surface area contributed by atoms with Crippen LogP contribution in [0.2, 0.25) is 0 Å². The Morgan fingerprint density at radius 1 is 1.21 bits per heavy atom. The van der Waals surface area contributed by atoms with E-state index in [1.807, 2.05) is 31.2 Å². The Hall–Kier alpha value is -2.10. The lowest BCUT2D eigenvalue weighted by atomic mass is 10.1. The highest BCUT2D eigenvalue weighted by atomic mass is 16.5. The fourth-order valence-electron chi connectivity index (χ4n) is 1.77. The molecule has 1 N–H and O–H groups in total. The van der Waals surface area contributed by atoms with Crippen LogP contribution in [0.1, 0.15) is 26.1 Å². The summed E-state index contributed by atoms with van der Waals surface area (Å²) in [6.07, 6.45) is 1.69. The van der Waals surface area contributed by atoms with Gasteiger partial charge in [-0.2, -0.15) is 0 Å². The molecule has 4 heteroatoms. The lowest BCUT2D eigenvalue weighted by Gasteiger charge is -2.06. The normalized spacial score (nSPS) is 10.4. The summed E-state index contributed by atoms with van der Waals surface area (Å²) in [7, 11) is 0. The highest BCUT2D eigenvalue weighted by Gasteiger charge is 2.03. The lowest BCUT2D eigenvalue weighted by Crippen LogP contribution is -2.10. The van der Waals surface area contributed by atoms with Crippen LogP contribution >= 0.6 is 0 Å². The van der Waals surface area contributed by atoms with E-state index in [1.165, 1.54) is 6.07 Å². The highest BCUT2D eigenvalue weighted by molar-refractivity contribution is 5.59. The summed E-state index contributed by atoms with van der Waals surface area (Å²) in [6.45, 7) is 4.74. The largest absolute Gasteiger partial charge is 0.494 e. The van der Waals surface area contributed by atoms with Gasteiger partial charge in [0.1, 0.15) is 11.6 Å². The zero-order valence-corrected chi connectivity index (χ0v) is 11.3. The average Bonchev–Trinajstić information content (AvgIpc) is 2.45. The van der Waals surface area contributed by atoms with Crippen molar-refractivity contribution in [1.29, 1.82) is 0 Å². The first-order valence-electron chi connectivity index (χ1n) is 6.56. The van der Waals surface area contributed by atoms with Crippen LogP contribution in [0.15, 0.2) is 35.1 Å².